The number of ether oxygens (including phenoxy) is 2. The number of methoxy groups -OCH3 is 1. The Morgan fingerprint density at radius 3 is 2.67 bits per heavy atom. The second-order valence-electron chi connectivity index (χ2n) is 6.83. The van der Waals surface area contributed by atoms with E-state index in [1.807, 2.05) is 6.92 Å². The summed E-state index contributed by atoms with van der Waals surface area (Å²) in [5, 5.41) is 21.1. The Morgan fingerprint density at radius 2 is 2.14 bits per heavy atom. The topological polar surface area (TPSA) is 62.2 Å². The summed E-state index contributed by atoms with van der Waals surface area (Å²) in [4.78, 5) is 0. The van der Waals surface area contributed by atoms with Gasteiger partial charge in [-0.25, -0.2) is 0 Å². The average molecular weight is 319 g/mol. The minimum absolute atomic E-state index is 0.0371. The van der Waals surface area contributed by atoms with E-state index in [1.165, 1.54) is 5.57 Å². The van der Waals surface area contributed by atoms with Crippen molar-refractivity contribution in [2.45, 2.75) is 69.5 Å². The molecule has 0 bridgehead atoms. The highest BCUT2D eigenvalue weighted by atomic mass is 35.5. The fourth-order valence-electron chi connectivity index (χ4n) is 3.72. The molecule has 5 heteroatoms. The van der Waals surface area contributed by atoms with Gasteiger partial charge in [-0.15, -0.1) is 11.6 Å². The molecule has 0 radical (unpaired) electrons. The Labute approximate surface area is 132 Å². The van der Waals surface area contributed by atoms with Gasteiger partial charge in [0.2, 0.25) is 0 Å². The van der Waals surface area contributed by atoms with Gasteiger partial charge < -0.3 is 19.7 Å². The molecule has 1 heterocycles. The number of aliphatic hydroxyl groups excluding tert-OH is 1. The predicted molar refractivity (Wildman–Crippen MR) is 82.5 cm³/mol. The molecule has 1 saturated heterocycles. The Kier molecular flexibility index (Phi) is 5.06. The number of alkyl halides is 1. The summed E-state index contributed by atoms with van der Waals surface area (Å²) in [6, 6.07) is 0. The number of hydrogen-bond donors (Lipinski definition) is 2. The number of allylic oxidation sites excluding steroid dienone is 1. The lowest BCUT2D eigenvalue weighted by Gasteiger charge is -2.47. The van der Waals surface area contributed by atoms with Crippen molar-refractivity contribution in [2.75, 3.05) is 13.0 Å². The van der Waals surface area contributed by atoms with Crippen molar-refractivity contribution < 1.29 is 19.7 Å². The van der Waals surface area contributed by atoms with Crippen molar-refractivity contribution in [2.24, 2.45) is 5.92 Å². The molecule has 2 N–H and O–H groups in total. The molecular formula is C16H27ClO4. The quantitative estimate of drug-likeness (QED) is 0.464. The van der Waals surface area contributed by atoms with Crippen LogP contribution in [0, 0.1) is 5.92 Å². The summed E-state index contributed by atoms with van der Waals surface area (Å²) in [7, 11) is 1.57. The number of aliphatic hydroxyl groups is 2. The summed E-state index contributed by atoms with van der Waals surface area (Å²) < 4.78 is 11.4. The summed E-state index contributed by atoms with van der Waals surface area (Å²) in [5.41, 5.74) is -0.319. The second-order valence-corrected chi connectivity index (χ2v) is 7.10. The maximum atomic E-state index is 10.9. The summed E-state index contributed by atoms with van der Waals surface area (Å²) in [6.07, 6.45) is 2.90. The molecular weight excluding hydrogens is 292 g/mol. The number of halogens is 1. The Balaban J connectivity index is 2.22. The van der Waals surface area contributed by atoms with E-state index in [0.29, 0.717) is 12.8 Å². The zero-order chi connectivity index (χ0) is 15.8. The van der Waals surface area contributed by atoms with Gasteiger partial charge in [-0.2, -0.15) is 0 Å². The van der Waals surface area contributed by atoms with Crippen molar-refractivity contribution in [3.05, 3.63) is 11.6 Å². The van der Waals surface area contributed by atoms with Gasteiger partial charge in [-0.05, 0) is 40.0 Å². The van der Waals surface area contributed by atoms with Crippen molar-refractivity contribution in [3.8, 4) is 0 Å². The van der Waals surface area contributed by atoms with E-state index in [-0.39, 0.29) is 17.9 Å². The molecule has 21 heavy (non-hydrogen) atoms. The van der Waals surface area contributed by atoms with E-state index in [0.717, 1.165) is 6.42 Å². The lowest BCUT2D eigenvalue weighted by Crippen LogP contribution is -2.60. The van der Waals surface area contributed by atoms with E-state index in [1.54, 1.807) is 7.11 Å². The van der Waals surface area contributed by atoms with Crippen molar-refractivity contribution >= 4 is 11.6 Å². The molecule has 6 atom stereocenters. The van der Waals surface area contributed by atoms with Gasteiger partial charge >= 0.3 is 0 Å². The van der Waals surface area contributed by atoms with E-state index < -0.39 is 23.4 Å². The first-order valence-electron chi connectivity index (χ1n) is 7.59. The van der Waals surface area contributed by atoms with Crippen LogP contribution < -0.4 is 0 Å². The lowest BCUT2D eigenvalue weighted by molar-refractivity contribution is -0.170. The van der Waals surface area contributed by atoms with E-state index in [2.05, 4.69) is 19.9 Å². The van der Waals surface area contributed by atoms with Gasteiger partial charge in [0, 0.05) is 13.0 Å². The number of hydrogen-bond acceptors (Lipinski definition) is 4. The van der Waals surface area contributed by atoms with Crippen LogP contribution in [-0.4, -0.2) is 52.7 Å². The Morgan fingerprint density at radius 1 is 1.48 bits per heavy atom. The molecule has 0 aromatic rings. The van der Waals surface area contributed by atoms with Gasteiger partial charge in [-0.1, -0.05) is 11.6 Å². The molecule has 1 saturated carbocycles. The van der Waals surface area contributed by atoms with Crippen LogP contribution in [0.4, 0.5) is 0 Å². The maximum Gasteiger partial charge on any atom is 0.100 e. The van der Waals surface area contributed by atoms with Crippen LogP contribution in [0.1, 0.15) is 40.0 Å². The predicted octanol–water partition coefficient (Wildman–Crippen LogP) is 2.26. The smallest absolute Gasteiger partial charge is 0.100 e. The zero-order valence-electron chi connectivity index (χ0n) is 13.3. The largest absolute Gasteiger partial charge is 0.390 e. The number of rotatable bonds is 5. The molecule has 2 fully saturated rings. The normalized spacial score (nSPS) is 46.2. The van der Waals surface area contributed by atoms with Crippen molar-refractivity contribution in [1.82, 2.24) is 0 Å². The molecule has 6 unspecified atom stereocenters. The molecule has 122 valence electrons. The highest BCUT2D eigenvalue weighted by Crippen LogP contribution is 2.54. The fourth-order valence-corrected chi connectivity index (χ4v) is 4.02. The third kappa shape index (κ3) is 3.15. The van der Waals surface area contributed by atoms with Crippen LogP contribution in [0.15, 0.2) is 11.6 Å². The van der Waals surface area contributed by atoms with E-state index in [9.17, 15) is 10.2 Å². The standard InChI is InChI=1S/C16H27ClO4/c1-10(2)5-6-12-15(3,21-12)14-13(20-4)11(18)7-8-16(14,19)9-17/h5,11-14,18-19H,6-9H2,1-4H3. The van der Waals surface area contributed by atoms with Crippen LogP contribution >= 0.6 is 11.6 Å². The van der Waals surface area contributed by atoms with Crippen LogP contribution in [-0.2, 0) is 9.47 Å². The first-order chi connectivity index (χ1) is 9.78. The summed E-state index contributed by atoms with van der Waals surface area (Å²) in [6.45, 7) is 6.09. The fraction of sp³-hybridized carbons (Fsp3) is 0.875. The third-order valence-corrected chi connectivity index (χ3v) is 5.46. The first-order valence-corrected chi connectivity index (χ1v) is 8.12. The SMILES string of the molecule is COC1C(O)CCC(O)(CCl)C1C1(C)OC1CC=C(C)C. The monoisotopic (exact) mass is 318 g/mol. The van der Waals surface area contributed by atoms with Crippen molar-refractivity contribution in [1.29, 1.82) is 0 Å². The van der Waals surface area contributed by atoms with Gasteiger partial charge in [0.05, 0.1) is 29.8 Å². The molecule has 2 rings (SSSR count). The van der Waals surface area contributed by atoms with Crippen LogP contribution in [0.5, 0.6) is 0 Å². The second kappa shape index (κ2) is 6.17. The average Bonchev–Trinajstić information content (AvgIpc) is 3.10. The maximum absolute atomic E-state index is 10.9. The lowest BCUT2D eigenvalue weighted by atomic mass is 9.66. The molecule has 1 aliphatic heterocycles. The Bertz CT molecular complexity index is 409. The number of epoxide rings is 1. The minimum atomic E-state index is -1.06. The molecule has 0 spiro atoms. The molecule has 1 aliphatic carbocycles. The molecule has 0 aromatic carbocycles. The first kappa shape index (κ1) is 17.2. The van der Waals surface area contributed by atoms with Crippen LogP contribution in [0.3, 0.4) is 0 Å². The van der Waals surface area contributed by atoms with Crippen LogP contribution in [0.25, 0.3) is 0 Å². The van der Waals surface area contributed by atoms with Crippen LogP contribution in [0.2, 0.25) is 0 Å². The van der Waals surface area contributed by atoms with Gasteiger partial charge in [0.25, 0.3) is 0 Å². The highest BCUT2D eigenvalue weighted by molar-refractivity contribution is 6.18. The third-order valence-electron chi connectivity index (χ3n) is 5.00. The summed E-state index contributed by atoms with van der Waals surface area (Å²) >= 11 is 6.04. The van der Waals surface area contributed by atoms with Gasteiger partial charge in [-0.3, -0.25) is 0 Å². The molecule has 2 aliphatic rings. The van der Waals surface area contributed by atoms with Gasteiger partial charge in [0.1, 0.15) is 5.60 Å². The van der Waals surface area contributed by atoms with E-state index in [4.69, 9.17) is 21.1 Å². The minimum Gasteiger partial charge on any atom is -0.390 e. The summed E-state index contributed by atoms with van der Waals surface area (Å²) in [5.74, 6) is -0.203. The van der Waals surface area contributed by atoms with E-state index >= 15 is 0 Å². The Hall–Kier alpha value is -0.130. The molecule has 0 amide bonds. The molecule has 0 aromatic heterocycles. The molecule has 4 nitrogen and oxygen atoms in total. The zero-order valence-corrected chi connectivity index (χ0v) is 14.1. The van der Waals surface area contributed by atoms with Crippen molar-refractivity contribution in [3.63, 3.8) is 0 Å². The van der Waals surface area contributed by atoms with Gasteiger partial charge in [0.15, 0.2) is 0 Å². The highest BCUT2D eigenvalue weighted by Gasteiger charge is 2.66.